The second-order valence-corrected chi connectivity index (χ2v) is 17.1. The van der Waals surface area contributed by atoms with Crippen molar-refractivity contribution in [1.29, 1.82) is 0 Å². The van der Waals surface area contributed by atoms with Crippen molar-refractivity contribution in [2.24, 2.45) is 46.4 Å². The molecule has 0 N–H and O–H groups in total. The topological polar surface area (TPSA) is 105 Å². The third-order valence-corrected chi connectivity index (χ3v) is 13.9. The van der Waals surface area contributed by atoms with E-state index in [1.807, 2.05) is 13.8 Å². The Labute approximate surface area is 303 Å². The number of alkyl halides is 3. The number of nitrogens with zero attached hydrogens (tertiary/aromatic N) is 1. The summed E-state index contributed by atoms with van der Waals surface area (Å²) in [5, 5.41) is 0. The molecule has 2 aliphatic carbocycles. The van der Waals surface area contributed by atoms with Crippen LogP contribution in [0.15, 0.2) is 28.5 Å². The average molecular weight is 742 g/mol. The first-order chi connectivity index (χ1) is 24.5. The van der Waals surface area contributed by atoms with Crippen LogP contribution in [0.1, 0.15) is 99.8 Å². The highest BCUT2D eigenvalue weighted by molar-refractivity contribution is 5.73. The first kappa shape index (κ1) is 37.2. The predicted octanol–water partition coefficient (Wildman–Crippen LogP) is 7.65. The molecule has 292 valence electrons. The van der Waals surface area contributed by atoms with Crippen molar-refractivity contribution in [2.75, 3.05) is 19.8 Å². The van der Waals surface area contributed by atoms with Crippen molar-refractivity contribution in [3.8, 4) is 0 Å². The van der Waals surface area contributed by atoms with Crippen LogP contribution in [0.5, 0.6) is 0 Å². The van der Waals surface area contributed by atoms with Crippen molar-refractivity contribution in [3.05, 3.63) is 23.5 Å². The SMILES string of the molecule is CC(=N[C@@]1(C)O[C@@H]2O[C@]3(C)CC[C@H]4[C@H](C)CC[C@@H]([C@H]1C)[C@@]24OO3)OC/C=C/COCC1=C(C(F)(F)F)O[C@@H]2O[C@]3(C)CC[C@H]4[C@H](C)CC[C@@H]1[C@@]24OO3. The molecule has 0 aromatic carbocycles. The Morgan fingerprint density at radius 1 is 0.769 bits per heavy atom. The van der Waals surface area contributed by atoms with E-state index in [0.717, 1.165) is 32.1 Å². The number of fused-ring (bicyclic) bond motifs is 4. The van der Waals surface area contributed by atoms with E-state index >= 15 is 0 Å². The van der Waals surface area contributed by atoms with Gasteiger partial charge in [-0.2, -0.15) is 13.2 Å². The van der Waals surface area contributed by atoms with Gasteiger partial charge in [-0.1, -0.05) is 26.8 Å². The molecule has 2 saturated carbocycles. The van der Waals surface area contributed by atoms with Gasteiger partial charge in [-0.3, -0.25) is 0 Å². The van der Waals surface area contributed by atoms with Crippen LogP contribution in [0, 0.1) is 41.4 Å². The Morgan fingerprint density at radius 2 is 1.38 bits per heavy atom. The Morgan fingerprint density at radius 3 is 2.08 bits per heavy atom. The molecule has 11 nitrogen and oxygen atoms in total. The van der Waals surface area contributed by atoms with Crippen molar-refractivity contribution < 1.29 is 61.1 Å². The van der Waals surface area contributed by atoms with Gasteiger partial charge in [0.2, 0.25) is 23.6 Å². The summed E-state index contributed by atoms with van der Waals surface area (Å²) < 4.78 is 80.1. The molecule has 10 aliphatic rings. The molecule has 14 atom stereocenters. The molecule has 0 amide bonds. The quantitative estimate of drug-likeness (QED) is 0.0850. The summed E-state index contributed by atoms with van der Waals surface area (Å²) in [7, 11) is 0. The molecule has 8 aliphatic heterocycles. The standard InChI is InChI=1S/C38H54F3NO10/c1-21-10-12-28-23(3)35(7,48-32-36(28)26(21)14-17-34(6,47-32)50-51-36)42-24(4)44-19-9-8-18-43-20-25-29-13-11-22(2)27-15-16-33(5)46-31(37(27,29)52-49-33)45-30(25)38(39,40)41/h8-9,21-23,26-29,31-32H,10-20H2,1-7H3/b9-8+,42-24?/t21-,22-,23-,26+,27+,28+,29+,31-,32+,33+,34+,35+,36-,37-/m1/s1. The zero-order valence-corrected chi connectivity index (χ0v) is 31.3. The minimum absolute atomic E-state index is 0.00678. The second kappa shape index (κ2) is 12.9. The van der Waals surface area contributed by atoms with Gasteiger partial charge in [-0.15, -0.1) is 0 Å². The van der Waals surface area contributed by atoms with Crippen LogP contribution in [-0.4, -0.2) is 73.0 Å². The Balaban J connectivity index is 0.908. The van der Waals surface area contributed by atoms with Crippen LogP contribution in [0.25, 0.3) is 0 Å². The number of ether oxygens (including phenoxy) is 6. The van der Waals surface area contributed by atoms with Crippen molar-refractivity contribution >= 4 is 5.90 Å². The molecule has 0 aromatic heterocycles. The fourth-order valence-electron chi connectivity index (χ4n) is 11.0. The average Bonchev–Trinajstić information content (AvgIpc) is 3.45. The number of rotatable bonds is 7. The van der Waals surface area contributed by atoms with E-state index in [4.69, 9.17) is 53.0 Å². The molecule has 14 heteroatoms. The summed E-state index contributed by atoms with van der Waals surface area (Å²) in [4.78, 5) is 28.9. The van der Waals surface area contributed by atoms with Gasteiger partial charge in [0, 0.05) is 49.0 Å². The van der Waals surface area contributed by atoms with Crippen LogP contribution in [0.4, 0.5) is 13.2 Å². The second-order valence-electron chi connectivity index (χ2n) is 17.1. The van der Waals surface area contributed by atoms with Crippen molar-refractivity contribution in [3.63, 3.8) is 0 Å². The fraction of sp³-hybridized carbons (Fsp3) is 0.868. The lowest BCUT2D eigenvalue weighted by atomic mass is 9.57. The van der Waals surface area contributed by atoms with Crippen LogP contribution in [-0.2, 0) is 48.0 Å². The van der Waals surface area contributed by atoms with Crippen LogP contribution >= 0.6 is 0 Å². The highest BCUT2D eigenvalue weighted by Crippen LogP contribution is 2.63. The molecular weight excluding hydrogens is 687 g/mol. The lowest BCUT2D eigenvalue weighted by Gasteiger charge is -2.62. The van der Waals surface area contributed by atoms with E-state index in [9.17, 15) is 13.2 Å². The van der Waals surface area contributed by atoms with Crippen molar-refractivity contribution in [1.82, 2.24) is 0 Å². The molecular formula is C38H54F3NO10. The molecule has 4 bridgehead atoms. The Kier molecular flexibility index (Phi) is 9.21. The van der Waals surface area contributed by atoms with Crippen LogP contribution in [0.3, 0.4) is 0 Å². The number of hydrogen-bond acceptors (Lipinski definition) is 11. The molecule has 2 spiro atoms. The molecule has 0 unspecified atom stereocenters. The molecule has 0 radical (unpaired) electrons. The highest BCUT2D eigenvalue weighted by Gasteiger charge is 2.72. The fourth-order valence-corrected chi connectivity index (χ4v) is 11.0. The van der Waals surface area contributed by atoms with Crippen LogP contribution < -0.4 is 0 Å². The maximum absolute atomic E-state index is 14.5. The predicted molar refractivity (Wildman–Crippen MR) is 177 cm³/mol. The number of allylic oxidation sites excluding steroid dienone is 1. The molecule has 10 rings (SSSR count). The number of aliphatic imine (C=N–C) groups is 1. The molecule has 7 saturated heterocycles. The zero-order valence-electron chi connectivity index (χ0n) is 31.3. The molecule has 8 heterocycles. The summed E-state index contributed by atoms with van der Waals surface area (Å²) >= 11 is 0. The van der Waals surface area contributed by atoms with E-state index in [2.05, 4.69) is 20.8 Å². The van der Waals surface area contributed by atoms with Crippen molar-refractivity contribution in [2.45, 2.75) is 147 Å². The summed E-state index contributed by atoms with van der Waals surface area (Å²) in [6, 6.07) is 0. The van der Waals surface area contributed by atoms with E-state index in [-0.39, 0.29) is 55.0 Å². The monoisotopic (exact) mass is 741 g/mol. The number of halogens is 3. The maximum atomic E-state index is 14.5. The van der Waals surface area contributed by atoms with E-state index in [1.54, 1.807) is 26.0 Å². The van der Waals surface area contributed by atoms with Gasteiger partial charge in [-0.05, 0) is 83.1 Å². The smallest absolute Gasteiger partial charge is 0.449 e. The van der Waals surface area contributed by atoms with Gasteiger partial charge in [0.25, 0.3) is 0 Å². The Bertz CT molecular complexity index is 1490. The molecule has 9 fully saturated rings. The molecule has 52 heavy (non-hydrogen) atoms. The summed E-state index contributed by atoms with van der Waals surface area (Å²) in [5.41, 5.74) is -2.73. The first-order valence-electron chi connectivity index (χ1n) is 19.2. The lowest BCUT2D eigenvalue weighted by molar-refractivity contribution is -0.575. The van der Waals surface area contributed by atoms with Crippen LogP contribution in [0.2, 0.25) is 0 Å². The highest BCUT2D eigenvalue weighted by atomic mass is 19.4. The summed E-state index contributed by atoms with van der Waals surface area (Å²) in [6.07, 6.45) is 3.12. The third-order valence-electron chi connectivity index (χ3n) is 13.9. The van der Waals surface area contributed by atoms with E-state index < -0.39 is 58.9 Å². The lowest BCUT2D eigenvalue weighted by Crippen LogP contribution is -2.72. The molecule has 0 aromatic rings. The Hall–Kier alpha value is -1.78. The van der Waals surface area contributed by atoms with E-state index in [1.165, 1.54) is 0 Å². The minimum Gasteiger partial charge on any atom is -0.477 e. The summed E-state index contributed by atoms with van der Waals surface area (Å²) in [5.74, 6) is -2.30. The van der Waals surface area contributed by atoms with Gasteiger partial charge in [0.15, 0.2) is 29.1 Å². The van der Waals surface area contributed by atoms with Gasteiger partial charge in [0.05, 0.1) is 13.2 Å². The third kappa shape index (κ3) is 5.79. The van der Waals surface area contributed by atoms with Gasteiger partial charge in [-0.25, -0.2) is 24.5 Å². The maximum Gasteiger partial charge on any atom is 0.449 e. The largest absolute Gasteiger partial charge is 0.477 e. The van der Waals surface area contributed by atoms with Gasteiger partial charge >= 0.3 is 6.18 Å². The minimum atomic E-state index is -4.72. The normalized spacial score (nSPS) is 50.0. The van der Waals surface area contributed by atoms with E-state index in [0.29, 0.717) is 31.1 Å². The first-order valence-corrected chi connectivity index (χ1v) is 19.2. The number of hydrogen-bond donors (Lipinski definition) is 0. The summed E-state index contributed by atoms with van der Waals surface area (Å²) in [6.45, 7) is 13.9. The van der Waals surface area contributed by atoms with Gasteiger partial charge in [0.1, 0.15) is 6.61 Å². The van der Waals surface area contributed by atoms with Gasteiger partial charge < -0.3 is 28.4 Å². The zero-order chi connectivity index (χ0) is 36.9.